The van der Waals surface area contributed by atoms with Gasteiger partial charge in [0.1, 0.15) is 6.04 Å². The molecule has 4 nitrogen and oxygen atoms in total. The lowest BCUT2D eigenvalue weighted by molar-refractivity contribution is -0.139. The zero-order valence-corrected chi connectivity index (χ0v) is 20.4. The number of rotatable bonds is 9. The van der Waals surface area contributed by atoms with E-state index in [1.165, 1.54) is 30.4 Å². The number of nitrogens with zero attached hydrogens (tertiary/aromatic N) is 1. The highest BCUT2D eigenvalue weighted by atomic mass is 32.2. The Bertz CT molecular complexity index is 908. The molecule has 1 atom stereocenters. The lowest BCUT2D eigenvalue weighted by Crippen LogP contribution is -2.50. The molecule has 2 amide bonds. The van der Waals surface area contributed by atoms with Gasteiger partial charge in [-0.1, -0.05) is 73.4 Å². The van der Waals surface area contributed by atoms with E-state index in [1.807, 2.05) is 44.2 Å². The van der Waals surface area contributed by atoms with Gasteiger partial charge in [-0.3, -0.25) is 9.59 Å². The van der Waals surface area contributed by atoms with Crippen molar-refractivity contribution in [2.45, 2.75) is 77.3 Å². The number of carbonyl (C=O) groups is 2. The average molecular weight is 453 g/mol. The average Bonchev–Trinajstić information content (AvgIpc) is 2.79. The zero-order valence-electron chi connectivity index (χ0n) is 19.6. The van der Waals surface area contributed by atoms with Crippen LogP contribution in [0, 0.1) is 13.8 Å². The van der Waals surface area contributed by atoms with Crippen molar-refractivity contribution in [3.05, 3.63) is 70.8 Å². The number of thioether (sulfide) groups is 1. The van der Waals surface area contributed by atoms with Crippen molar-refractivity contribution in [2.24, 2.45) is 0 Å². The molecule has 172 valence electrons. The predicted octanol–water partition coefficient (Wildman–Crippen LogP) is 5.40. The topological polar surface area (TPSA) is 49.4 Å². The molecule has 1 N–H and O–H groups in total. The van der Waals surface area contributed by atoms with Crippen LogP contribution in [0.15, 0.2) is 48.5 Å². The second-order valence-electron chi connectivity index (χ2n) is 8.95. The third-order valence-electron chi connectivity index (χ3n) is 6.30. The summed E-state index contributed by atoms with van der Waals surface area (Å²) >= 11 is 1.61. The Morgan fingerprint density at radius 1 is 1.06 bits per heavy atom. The Morgan fingerprint density at radius 3 is 2.53 bits per heavy atom. The minimum Gasteiger partial charge on any atom is -0.352 e. The van der Waals surface area contributed by atoms with Gasteiger partial charge >= 0.3 is 0 Å². The first kappa shape index (κ1) is 24.4. The molecule has 0 aromatic heterocycles. The normalized spacial score (nSPS) is 15.2. The molecule has 0 radical (unpaired) electrons. The van der Waals surface area contributed by atoms with Gasteiger partial charge in [0.25, 0.3) is 0 Å². The summed E-state index contributed by atoms with van der Waals surface area (Å²) in [5.74, 6) is 1.12. The molecule has 2 aromatic rings. The Labute approximate surface area is 197 Å². The number of hydrogen-bond donors (Lipinski definition) is 1. The van der Waals surface area contributed by atoms with E-state index >= 15 is 0 Å². The second kappa shape index (κ2) is 12.1. The van der Waals surface area contributed by atoms with Crippen LogP contribution in [-0.2, 0) is 21.9 Å². The summed E-state index contributed by atoms with van der Waals surface area (Å²) in [5, 5.41) is 3.20. The maximum absolute atomic E-state index is 13.3. The number of benzene rings is 2. The lowest BCUT2D eigenvalue weighted by Gasteiger charge is -2.31. The molecule has 0 unspecified atom stereocenters. The molecular formula is C27H36N2O2S. The highest BCUT2D eigenvalue weighted by Crippen LogP contribution is 2.20. The van der Waals surface area contributed by atoms with Gasteiger partial charge in [-0.25, -0.2) is 0 Å². The summed E-state index contributed by atoms with van der Waals surface area (Å²) < 4.78 is 0. The van der Waals surface area contributed by atoms with Gasteiger partial charge in [0.2, 0.25) is 11.8 Å². The maximum atomic E-state index is 13.3. The van der Waals surface area contributed by atoms with E-state index in [2.05, 4.69) is 30.4 Å². The number of carbonyl (C=O) groups excluding carboxylic acids is 2. The SMILES string of the molecule is Cc1cccc(CN(C(=O)CSCc2ccccc2C)[C@@H](C)C(=O)NC2CCCCC2)c1. The van der Waals surface area contributed by atoms with Crippen LogP contribution in [0.3, 0.4) is 0 Å². The summed E-state index contributed by atoms with van der Waals surface area (Å²) in [6.07, 6.45) is 5.66. The van der Waals surface area contributed by atoms with Crippen molar-refractivity contribution in [2.75, 3.05) is 5.75 Å². The van der Waals surface area contributed by atoms with Crippen molar-refractivity contribution in [3.63, 3.8) is 0 Å². The Hall–Kier alpha value is -2.27. The van der Waals surface area contributed by atoms with Gasteiger partial charge in [-0.2, -0.15) is 0 Å². The molecule has 3 rings (SSSR count). The fourth-order valence-corrected chi connectivity index (χ4v) is 5.25. The molecule has 0 saturated heterocycles. The van der Waals surface area contributed by atoms with Crippen molar-refractivity contribution in [3.8, 4) is 0 Å². The standard InChI is InChI=1S/C27H36N2O2S/c1-20-10-9-12-23(16-20)17-29(22(3)27(31)28-25-14-5-4-6-15-25)26(30)19-32-18-24-13-8-7-11-21(24)2/h7-13,16,22,25H,4-6,14-15,17-19H2,1-3H3,(H,28,31)/t22-/m0/s1. The van der Waals surface area contributed by atoms with E-state index in [-0.39, 0.29) is 17.9 Å². The maximum Gasteiger partial charge on any atom is 0.242 e. The monoisotopic (exact) mass is 452 g/mol. The fourth-order valence-electron chi connectivity index (χ4n) is 4.26. The number of amides is 2. The van der Waals surface area contributed by atoms with Gasteiger partial charge in [-0.05, 0) is 50.3 Å². The molecule has 2 aromatic carbocycles. The van der Waals surface area contributed by atoms with Gasteiger partial charge < -0.3 is 10.2 Å². The van der Waals surface area contributed by atoms with Crippen LogP contribution in [0.1, 0.15) is 61.3 Å². The van der Waals surface area contributed by atoms with Gasteiger partial charge in [0.15, 0.2) is 0 Å². The molecule has 0 heterocycles. The first-order valence-corrected chi connectivity index (χ1v) is 12.9. The summed E-state index contributed by atoms with van der Waals surface area (Å²) in [7, 11) is 0. The highest BCUT2D eigenvalue weighted by Gasteiger charge is 2.28. The molecule has 0 spiro atoms. The molecule has 0 aliphatic heterocycles. The first-order valence-electron chi connectivity index (χ1n) is 11.7. The summed E-state index contributed by atoms with van der Waals surface area (Å²) in [6, 6.07) is 16.2. The van der Waals surface area contributed by atoms with Crippen molar-refractivity contribution >= 4 is 23.6 Å². The molecular weight excluding hydrogens is 416 g/mol. The highest BCUT2D eigenvalue weighted by molar-refractivity contribution is 7.99. The van der Waals surface area contributed by atoms with Crippen LogP contribution in [0.25, 0.3) is 0 Å². The molecule has 32 heavy (non-hydrogen) atoms. The van der Waals surface area contributed by atoms with Crippen molar-refractivity contribution < 1.29 is 9.59 Å². The molecule has 5 heteroatoms. The quantitative estimate of drug-likeness (QED) is 0.554. The molecule has 1 saturated carbocycles. The molecule has 1 aliphatic rings. The first-order chi connectivity index (χ1) is 15.4. The van der Waals surface area contributed by atoms with Crippen LogP contribution in [0.5, 0.6) is 0 Å². The Balaban J connectivity index is 1.66. The third-order valence-corrected chi connectivity index (χ3v) is 7.26. The molecule has 0 bridgehead atoms. The number of aryl methyl sites for hydroxylation is 2. The van der Waals surface area contributed by atoms with Gasteiger partial charge in [0.05, 0.1) is 5.75 Å². The van der Waals surface area contributed by atoms with Crippen molar-refractivity contribution in [1.82, 2.24) is 10.2 Å². The minimum absolute atomic E-state index is 0.0105. The van der Waals surface area contributed by atoms with E-state index in [9.17, 15) is 9.59 Å². The van der Waals surface area contributed by atoms with Crippen LogP contribution in [0.2, 0.25) is 0 Å². The van der Waals surface area contributed by atoms with E-state index in [4.69, 9.17) is 0 Å². The fraction of sp³-hybridized carbons (Fsp3) is 0.481. The number of hydrogen-bond acceptors (Lipinski definition) is 3. The van der Waals surface area contributed by atoms with Crippen molar-refractivity contribution in [1.29, 1.82) is 0 Å². The van der Waals surface area contributed by atoms with Gasteiger partial charge in [0, 0.05) is 18.3 Å². The summed E-state index contributed by atoms with van der Waals surface area (Å²) in [6.45, 7) is 6.45. The minimum atomic E-state index is -0.496. The van der Waals surface area contributed by atoms with Crippen LogP contribution in [0.4, 0.5) is 0 Å². The van der Waals surface area contributed by atoms with Crippen LogP contribution < -0.4 is 5.32 Å². The summed E-state index contributed by atoms with van der Waals surface area (Å²) in [5.41, 5.74) is 4.70. The van der Waals surface area contributed by atoms with Gasteiger partial charge in [-0.15, -0.1) is 11.8 Å². The van der Waals surface area contributed by atoms with E-state index < -0.39 is 6.04 Å². The smallest absolute Gasteiger partial charge is 0.242 e. The Kier molecular flexibility index (Phi) is 9.22. The van der Waals surface area contributed by atoms with Crippen LogP contribution >= 0.6 is 11.8 Å². The Morgan fingerprint density at radius 2 is 1.81 bits per heavy atom. The zero-order chi connectivity index (χ0) is 22.9. The molecule has 1 fully saturated rings. The van der Waals surface area contributed by atoms with E-state index in [0.29, 0.717) is 12.3 Å². The molecule has 1 aliphatic carbocycles. The lowest BCUT2D eigenvalue weighted by atomic mass is 9.95. The predicted molar refractivity (Wildman–Crippen MR) is 134 cm³/mol. The third kappa shape index (κ3) is 7.13. The van der Waals surface area contributed by atoms with E-state index in [0.717, 1.165) is 29.7 Å². The van der Waals surface area contributed by atoms with Crippen LogP contribution in [-0.4, -0.2) is 34.6 Å². The summed E-state index contributed by atoms with van der Waals surface area (Å²) in [4.78, 5) is 28.1. The van der Waals surface area contributed by atoms with E-state index in [1.54, 1.807) is 16.7 Å². The second-order valence-corrected chi connectivity index (χ2v) is 9.94. The number of nitrogens with one attached hydrogen (secondary N) is 1. The largest absolute Gasteiger partial charge is 0.352 e.